The number of carbonyl (C=O) groups is 1. The van der Waals surface area contributed by atoms with Crippen LogP contribution in [0.1, 0.15) is 55.5 Å². The van der Waals surface area contributed by atoms with Crippen molar-refractivity contribution in [1.29, 1.82) is 0 Å². The summed E-state index contributed by atoms with van der Waals surface area (Å²) in [5.41, 5.74) is 1.05. The van der Waals surface area contributed by atoms with Gasteiger partial charge in [-0.1, -0.05) is 39.5 Å². The van der Waals surface area contributed by atoms with Gasteiger partial charge in [0, 0.05) is 0 Å². The van der Waals surface area contributed by atoms with Crippen molar-refractivity contribution in [3.63, 3.8) is 0 Å². The Morgan fingerprint density at radius 2 is 2.06 bits per heavy atom. The van der Waals surface area contributed by atoms with Crippen LogP contribution >= 0.6 is 0 Å². The van der Waals surface area contributed by atoms with E-state index in [1.165, 1.54) is 18.6 Å². The Labute approximate surface area is 108 Å². The fraction of sp³-hybridized carbons (Fsp3) is 0.533. The molecule has 0 saturated heterocycles. The summed E-state index contributed by atoms with van der Waals surface area (Å²) in [5, 5.41) is 18.6. The maximum Gasteiger partial charge on any atom is 0.335 e. The van der Waals surface area contributed by atoms with Crippen molar-refractivity contribution in [3.05, 3.63) is 29.3 Å². The van der Waals surface area contributed by atoms with Crippen LogP contribution in [0, 0.1) is 5.92 Å². The van der Waals surface area contributed by atoms with E-state index in [1.807, 2.05) is 0 Å². The summed E-state index contributed by atoms with van der Waals surface area (Å²) in [6, 6.07) is 4.50. The number of phenols is 1. The van der Waals surface area contributed by atoms with Gasteiger partial charge in [-0.05, 0) is 36.1 Å². The SMILES string of the molecule is CCCCC(CC)Cc1cc(O)ccc1C(=O)O. The van der Waals surface area contributed by atoms with Crippen molar-refractivity contribution in [2.45, 2.75) is 46.0 Å². The molecule has 0 aliphatic carbocycles. The minimum absolute atomic E-state index is 0.139. The van der Waals surface area contributed by atoms with Gasteiger partial charge in [-0.3, -0.25) is 0 Å². The maximum atomic E-state index is 11.1. The van der Waals surface area contributed by atoms with E-state index >= 15 is 0 Å². The summed E-state index contributed by atoms with van der Waals surface area (Å²) in [6.45, 7) is 4.29. The van der Waals surface area contributed by atoms with E-state index in [-0.39, 0.29) is 5.75 Å². The van der Waals surface area contributed by atoms with Crippen molar-refractivity contribution in [2.75, 3.05) is 0 Å². The van der Waals surface area contributed by atoms with E-state index in [2.05, 4.69) is 13.8 Å². The number of carboxylic acids is 1. The van der Waals surface area contributed by atoms with Gasteiger partial charge in [0.15, 0.2) is 0 Å². The number of aromatic hydroxyl groups is 1. The normalized spacial score (nSPS) is 12.3. The second-order valence-electron chi connectivity index (χ2n) is 4.77. The van der Waals surface area contributed by atoms with Gasteiger partial charge in [0.2, 0.25) is 0 Å². The zero-order chi connectivity index (χ0) is 13.5. The monoisotopic (exact) mass is 250 g/mol. The zero-order valence-corrected chi connectivity index (χ0v) is 11.1. The van der Waals surface area contributed by atoms with E-state index in [9.17, 15) is 9.90 Å². The quantitative estimate of drug-likeness (QED) is 0.772. The van der Waals surface area contributed by atoms with Crippen LogP contribution in [0.5, 0.6) is 5.75 Å². The van der Waals surface area contributed by atoms with Crippen LogP contribution in [-0.2, 0) is 6.42 Å². The van der Waals surface area contributed by atoms with Gasteiger partial charge >= 0.3 is 5.97 Å². The molecule has 0 aliphatic heterocycles. The average Bonchev–Trinajstić information content (AvgIpc) is 2.34. The van der Waals surface area contributed by atoms with Crippen LogP contribution in [0.15, 0.2) is 18.2 Å². The fourth-order valence-electron chi connectivity index (χ4n) is 2.21. The first kappa shape index (κ1) is 14.6. The molecule has 18 heavy (non-hydrogen) atoms. The molecule has 2 N–H and O–H groups in total. The molecule has 0 saturated carbocycles. The highest BCUT2D eigenvalue weighted by atomic mass is 16.4. The third-order valence-corrected chi connectivity index (χ3v) is 3.37. The van der Waals surface area contributed by atoms with Crippen LogP contribution in [0.3, 0.4) is 0 Å². The van der Waals surface area contributed by atoms with Crippen LogP contribution in [-0.4, -0.2) is 16.2 Å². The first-order valence-electron chi connectivity index (χ1n) is 6.63. The Morgan fingerprint density at radius 1 is 1.33 bits per heavy atom. The molecular weight excluding hydrogens is 228 g/mol. The van der Waals surface area contributed by atoms with Gasteiger partial charge in [-0.25, -0.2) is 4.79 Å². The Balaban J connectivity index is 2.86. The van der Waals surface area contributed by atoms with Gasteiger partial charge < -0.3 is 10.2 Å². The van der Waals surface area contributed by atoms with Crippen molar-refractivity contribution in [2.24, 2.45) is 5.92 Å². The van der Waals surface area contributed by atoms with Gasteiger partial charge in [-0.15, -0.1) is 0 Å². The Morgan fingerprint density at radius 3 is 2.61 bits per heavy atom. The predicted molar refractivity (Wildman–Crippen MR) is 72.1 cm³/mol. The molecule has 1 atom stereocenters. The molecule has 1 unspecified atom stereocenters. The van der Waals surface area contributed by atoms with Crippen LogP contribution in [0.4, 0.5) is 0 Å². The molecule has 0 aromatic heterocycles. The highest BCUT2D eigenvalue weighted by Crippen LogP contribution is 2.24. The van der Waals surface area contributed by atoms with Gasteiger partial charge in [0.25, 0.3) is 0 Å². The molecule has 0 radical (unpaired) electrons. The lowest BCUT2D eigenvalue weighted by Crippen LogP contribution is -2.08. The zero-order valence-electron chi connectivity index (χ0n) is 11.1. The molecule has 100 valence electrons. The lowest BCUT2D eigenvalue weighted by molar-refractivity contribution is 0.0695. The number of phenolic OH excluding ortho intramolecular Hbond substituents is 1. The van der Waals surface area contributed by atoms with Gasteiger partial charge in [0.05, 0.1) is 5.56 Å². The second kappa shape index (κ2) is 7.04. The summed E-state index contributed by atoms with van der Waals surface area (Å²) in [4.78, 5) is 11.1. The third-order valence-electron chi connectivity index (χ3n) is 3.37. The predicted octanol–water partition coefficient (Wildman–Crippen LogP) is 3.85. The minimum atomic E-state index is -0.921. The largest absolute Gasteiger partial charge is 0.508 e. The number of hydrogen-bond donors (Lipinski definition) is 2. The third kappa shape index (κ3) is 4.06. The topological polar surface area (TPSA) is 57.5 Å². The lowest BCUT2D eigenvalue weighted by atomic mass is 9.90. The van der Waals surface area contributed by atoms with E-state index in [0.29, 0.717) is 11.5 Å². The molecular formula is C15H22O3. The van der Waals surface area contributed by atoms with Crippen molar-refractivity contribution < 1.29 is 15.0 Å². The highest BCUT2D eigenvalue weighted by Gasteiger charge is 2.14. The van der Waals surface area contributed by atoms with Crippen molar-refractivity contribution >= 4 is 5.97 Å². The first-order valence-corrected chi connectivity index (χ1v) is 6.63. The molecule has 3 heteroatoms. The van der Waals surface area contributed by atoms with E-state index in [1.54, 1.807) is 6.07 Å². The smallest absolute Gasteiger partial charge is 0.335 e. The van der Waals surface area contributed by atoms with Crippen molar-refractivity contribution in [1.82, 2.24) is 0 Å². The average molecular weight is 250 g/mol. The molecule has 0 amide bonds. The molecule has 0 fully saturated rings. The van der Waals surface area contributed by atoms with Crippen LogP contribution in [0.25, 0.3) is 0 Å². The summed E-state index contributed by atoms with van der Waals surface area (Å²) in [7, 11) is 0. The first-order chi connectivity index (χ1) is 8.58. The number of benzene rings is 1. The number of unbranched alkanes of at least 4 members (excludes halogenated alkanes) is 1. The number of aromatic carboxylic acids is 1. The number of hydrogen-bond acceptors (Lipinski definition) is 2. The molecule has 0 aliphatic rings. The Hall–Kier alpha value is -1.51. The van der Waals surface area contributed by atoms with Gasteiger partial charge in [0.1, 0.15) is 5.75 Å². The minimum Gasteiger partial charge on any atom is -0.508 e. The molecule has 0 heterocycles. The Kier molecular flexibility index (Phi) is 5.69. The summed E-state index contributed by atoms with van der Waals surface area (Å²) < 4.78 is 0. The maximum absolute atomic E-state index is 11.1. The molecule has 1 rings (SSSR count). The standard InChI is InChI=1S/C15H22O3/c1-3-5-6-11(4-2)9-12-10-13(16)7-8-14(12)15(17)18/h7-8,10-11,16H,3-6,9H2,1-2H3,(H,17,18). The van der Waals surface area contributed by atoms with E-state index < -0.39 is 5.97 Å². The summed E-state index contributed by atoms with van der Waals surface area (Å²) in [6.07, 6.45) is 5.20. The molecule has 3 nitrogen and oxygen atoms in total. The molecule has 0 bridgehead atoms. The van der Waals surface area contributed by atoms with Crippen LogP contribution in [0.2, 0.25) is 0 Å². The Bertz CT molecular complexity index is 399. The molecule has 0 spiro atoms. The molecule has 1 aromatic rings. The summed E-state index contributed by atoms with van der Waals surface area (Å²) in [5.74, 6) is -0.291. The highest BCUT2D eigenvalue weighted by molar-refractivity contribution is 5.89. The number of carboxylic acid groups (broad SMARTS) is 1. The second-order valence-corrected chi connectivity index (χ2v) is 4.77. The molecule has 1 aromatic carbocycles. The van der Waals surface area contributed by atoms with Crippen molar-refractivity contribution in [3.8, 4) is 5.75 Å². The fourth-order valence-corrected chi connectivity index (χ4v) is 2.21. The van der Waals surface area contributed by atoms with E-state index in [4.69, 9.17) is 5.11 Å². The number of rotatable bonds is 7. The van der Waals surface area contributed by atoms with Gasteiger partial charge in [-0.2, -0.15) is 0 Å². The summed E-state index contributed by atoms with van der Waals surface area (Å²) >= 11 is 0. The van der Waals surface area contributed by atoms with E-state index in [0.717, 1.165) is 31.2 Å². The van der Waals surface area contributed by atoms with Crippen LogP contribution < -0.4 is 0 Å². The lowest BCUT2D eigenvalue weighted by Gasteiger charge is -2.16.